The second kappa shape index (κ2) is 7.44. The smallest absolute Gasteiger partial charge is 0.258 e. The van der Waals surface area contributed by atoms with Crippen molar-refractivity contribution in [1.29, 1.82) is 0 Å². The Hall–Kier alpha value is -2.73. The van der Waals surface area contributed by atoms with Gasteiger partial charge in [-0.15, -0.1) is 0 Å². The van der Waals surface area contributed by atoms with Crippen molar-refractivity contribution in [3.05, 3.63) is 76.0 Å². The lowest BCUT2D eigenvalue weighted by Gasteiger charge is -2.09. The molecule has 0 aliphatic heterocycles. The molecule has 2 aromatic heterocycles. The normalized spacial score (nSPS) is 10.4. The van der Waals surface area contributed by atoms with Gasteiger partial charge in [0.25, 0.3) is 5.91 Å². The molecule has 0 spiro atoms. The van der Waals surface area contributed by atoms with Gasteiger partial charge in [-0.25, -0.2) is 9.97 Å². The monoisotopic (exact) mass is 397 g/mol. The van der Waals surface area contributed by atoms with E-state index >= 15 is 0 Å². The van der Waals surface area contributed by atoms with Gasteiger partial charge in [0.1, 0.15) is 11.6 Å². The Morgan fingerprint density at radius 3 is 2.60 bits per heavy atom. The molecule has 6 heteroatoms. The number of carbonyl (C=O) groups is 1. The van der Waals surface area contributed by atoms with E-state index in [2.05, 4.69) is 31.2 Å². The summed E-state index contributed by atoms with van der Waals surface area (Å²) >= 11 is 3.39. The Kier molecular flexibility index (Phi) is 5.09. The fraction of sp³-hybridized carbons (Fsp3) is 0.105. The van der Waals surface area contributed by atoms with Crippen LogP contribution in [-0.2, 0) is 0 Å². The number of pyridine rings is 2. The van der Waals surface area contributed by atoms with Crippen molar-refractivity contribution in [3.8, 4) is 11.6 Å². The van der Waals surface area contributed by atoms with Crippen LogP contribution >= 0.6 is 15.9 Å². The molecule has 1 aromatic carbocycles. The number of rotatable bonds is 4. The first kappa shape index (κ1) is 17.1. The second-order valence-corrected chi connectivity index (χ2v) is 6.49. The Morgan fingerprint density at radius 2 is 1.92 bits per heavy atom. The zero-order valence-corrected chi connectivity index (χ0v) is 15.4. The van der Waals surface area contributed by atoms with Gasteiger partial charge < -0.3 is 10.1 Å². The largest absolute Gasteiger partial charge is 0.439 e. The molecule has 0 radical (unpaired) electrons. The van der Waals surface area contributed by atoms with Gasteiger partial charge in [-0.1, -0.05) is 28.1 Å². The number of hydrogen-bond donors (Lipinski definition) is 1. The predicted octanol–water partition coefficient (Wildman–Crippen LogP) is 4.90. The average Bonchev–Trinajstić information content (AvgIpc) is 2.58. The van der Waals surface area contributed by atoms with Crippen molar-refractivity contribution in [2.75, 3.05) is 5.32 Å². The summed E-state index contributed by atoms with van der Waals surface area (Å²) in [6, 6.07) is 12.8. The van der Waals surface area contributed by atoms with Crippen LogP contribution in [0, 0.1) is 13.8 Å². The van der Waals surface area contributed by atoms with Gasteiger partial charge in [-0.3, -0.25) is 4.79 Å². The highest BCUT2D eigenvalue weighted by Crippen LogP contribution is 2.23. The molecule has 0 saturated heterocycles. The third-order valence-corrected chi connectivity index (χ3v) is 3.96. The van der Waals surface area contributed by atoms with E-state index in [9.17, 15) is 4.79 Å². The molecular weight excluding hydrogens is 382 g/mol. The maximum Gasteiger partial charge on any atom is 0.258 e. The summed E-state index contributed by atoms with van der Waals surface area (Å²) in [4.78, 5) is 20.8. The maximum absolute atomic E-state index is 12.3. The second-order valence-electron chi connectivity index (χ2n) is 5.58. The van der Waals surface area contributed by atoms with Crippen LogP contribution in [0.15, 0.2) is 59.3 Å². The summed E-state index contributed by atoms with van der Waals surface area (Å²) in [5.74, 6) is 1.36. The topological polar surface area (TPSA) is 64.1 Å². The number of ether oxygens (including phenoxy) is 1. The molecule has 0 unspecified atom stereocenters. The molecule has 2 heterocycles. The van der Waals surface area contributed by atoms with Crippen molar-refractivity contribution in [2.24, 2.45) is 0 Å². The minimum Gasteiger partial charge on any atom is -0.439 e. The molecule has 1 N–H and O–H groups in total. The fourth-order valence-electron chi connectivity index (χ4n) is 2.25. The van der Waals surface area contributed by atoms with Gasteiger partial charge in [-0.2, -0.15) is 0 Å². The van der Waals surface area contributed by atoms with Crippen LogP contribution < -0.4 is 10.1 Å². The van der Waals surface area contributed by atoms with Gasteiger partial charge in [0, 0.05) is 22.9 Å². The number of benzene rings is 1. The van der Waals surface area contributed by atoms with E-state index in [0.29, 0.717) is 23.0 Å². The number of hydrogen-bond acceptors (Lipinski definition) is 4. The Labute approximate surface area is 154 Å². The number of amides is 1. The van der Waals surface area contributed by atoms with Crippen molar-refractivity contribution < 1.29 is 9.53 Å². The standard InChI is InChI=1S/C19H16BrN3O2/c1-12-8-13(2)18(22-10-12)23-19(24)14-6-7-17(21-11-14)25-16-5-3-4-15(20)9-16/h3-11H,1-2H3,(H,22,23,24). The zero-order valence-electron chi connectivity index (χ0n) is 13.8. The SMILES string of the molecule is Cc1cnc(NC(=O)c2ccc(Oc3cccc(Br)c3)nc2)c(C)c1. The Morgan fingerprint density at radius 1 is 1.08 bits per heavy atom. The summed E-state index contributed by atoms with van der Waals surface area (Å²) in [5, 5.41) is 2.79. The Balaban J connectivity index is 1.70. The van der Waals surface area contributed by atoms with Crippen LogP contribution in [0.4, 0.5) is 5.82 Å². The molecule has 3 aromatic rings. The number of anilines is 1. The van der Waals surface area contributed by atoms with Crippen molar-refractivity contribution >= 4 is 27.7 Å². The highest BCUT2D eigenvalue weighted by molar-refractivity contribution is 9.10. The summed E-state index contributed by atoms with van der Waals surface area (Å²) in [6.45, 7) is 3.86. The van der Waals surface area contributed by atoms with E-state index < -0.39 is 0 Å². The summed E-state index contributed by atoms with van der Waals surface area (Å²) in [5.41, 5.74) is 2.39. The Bertz CT molecular complexity index is 911. The lowest BCUT2D eigenvalue weighted by molar-refractivity contribution is 0.102. The molecule has 126 valence electrons. The zero-order chi connectivity index (χ0) is 17.8. The molecule has 3 rings (SSSR count). The molecule has 0 bridgehead atoms. The first-order chi connectivity index (χ1) is 12.0. The average molecular weight is 398 g/mol. The van der Waals surface area contributed by atoms with Gasteiger partial charge in [0.05, 0.1) is 5.56 Å². The predicted molar refractivity (Wildman–Crippen MR) is 100 cm³/mol. The van der Waals surface area contributed by atoms with E-state index in [0.717, 1.165) is 15.6 Å². The number of aryl methyl sites for hydroxylation is 2. The van der Waals surface area contributed by atoms with Gasteiger partial charge in [0.2, 0.25) is 5.88 Å². The van der Waals surface area contributed by atoms with E-state index in [1.807, 2.05) is 44.2 Å². The van der Waals surface area contributed by atoms with Crippen molar-refractivity contribution in [3.63, 3.8) is 0 Å². The van der Waals surface area contributed by atoms with E-state index in [1.165, 1.54) is 6.20 Å². The van der Waals surface area contributed by atoms with Crippen LogP contribution in [0.3, 0.4) is 0 Å². The van der Waals surface area contributed by atoms with Gasteiger partial charge in [-0.05, 0) is 49.2 Å². The summed E-state index contributed by atoms with van der Waals surface area (Å²) in [6.07, 6.45) is 3.20. The minimum absolute atomic E-state index is 0.263. The van der Waals surface area contributed by atoms with Gasteiger partial charge in [0.15, 0.2) is 0 Å². The minimum atomic E-state index is -0.263. The maximum atomic E-state index is 12.3. The quantitative estimate of drug-likeness (QED) is 0.679. The number of nitrogens with zero attached hydrogens (tertiary/aromatic N) is 2. The van der Waals surface area contributed by atoms with E-state index in [4.69, 9.17) is 4.74 Å². The third-order valence-electron chi connectivity index (χ3n) is 3.46. The molecule has 0 fully saturated rings. The summed E-state index contributed by atoms with van der Waals surface area (Å²) < 4.78 is 6.58. The number of nitrogens with one attached hydrogen (secondary N) is 1. The highest BCUT2D eigenvalue weighted by Gasteiger charge is 2.10. The first-order valence-corrected chi connectivity index (χ1v) is 8.44. The van der Waals surface area contributed by atoms with E-state index in [-0.39, 0.29) is 5.91 Å². The van der Waals surface area contributed by atoms with Crippen LogP contribution in [0.1, 0.15) is 21.5 Å². The van der Waals surface area contributed by atoms with Gasteiger partial charge >= 0.3 is 0 Å². The number of halogens is 1. The fourth-order valence-corrected chi connectivity index (χ4v) is 2.63. The van der Waals surface area contributed by atoms with Crippen LogP contribution in [0.2, 0.25) is 0 Å². The number of carbonyl (C=O) groups excluding carboxylic acids is 1. The molecule has 0 atom stereocenters. The third kappa shape index (κ3) is 4.42. The lowest BCUT2D eigenvalue weighted by atomic mass is 10.2. The van der Waals surface area contributed by atoms with Crippen LogP contribution in [-0.4, -0.2) is 15.9 Å². The van der Waals surface area contributed by atoms with Crippen LogP contribution in [0.5, 0.6) is 11.6 Å². The number of aromatic nitrogens is 2. The first-order valence-electron chi connectivity index (χ1n) is 7.65. The molecule has 1 amide bonds. The summed E-state index contributed by atoms with van der Waals surface area (Å²) in [7, 11) is 0. The van der Waals surface area contributed by atoms with Crippen LogP contribution in [0.25, 0.3) is 0 Å². The molecular formula is C19H16BrN3O2. The van der Waals surface area contributed by atoms with Crippen molar-refractivity contribution in [1.82, 2.24) is 9.97 Å². The van der Waals surface area contributed by atoms with E-state index in [1.54, 1.807) is 18.3 Å². The highest BCUT2D eigenvalue weighted by atomic mass is 79.9. The molecule has 0 aliphatic carbocycles. The molecule has 0 aliphatic rings. The van der Waals surface area contributed by atoms with Crippen molar-refractivity contribution in [2.45, 2.75) is 13.8 Å². The molecule has 25 heavy (non-hydrogen) atoms. The molecule has 0 saturated carbocycles. The molecule has 5 nitrogen and oxygen atoms in total. The lowest BCUT2D eigenvalue weighted by Crippen LogP contribution is -2.14.